The van der Waals surface area contributed by atoms with Crippen molar-refractivity contribution >= 4 is 38.1 Å². The van der Waals surface area contributed by atoms with Crippen molar-refractivity contribution in [2.75, 3.05) is 4.90 Å². The van der Waals surface area contributed by atoms with E-state index in [2.05, 4.69) is 14.9 Å². The molecule has 0 radical (unpaired) electrons. The summed E-state index contributed by atoms with van der Waals surface area (Å²) in [6.07, 6.45) is 1.91. The standard InChI is InChI=1S/C15H16N4O3S2/c1-9-16-17-14(23-9)19-12-8-11(4-3-10(12)7-13(19)20)24(21,22)18-15(2)5-6-15/h3-4,8,18H,5-7H2,1-2H3. The Labute approximate surface area is 143 Å². The first-order valence-corrected chi connectivity index (χ1v) is 9.87. The highest BCUT2D eigenvalue weighted by molar-refractivity contribution is 7.89. The number of carbonyl (C=O) groups excluding carboxylic acids is 1. The minimum Gasteiger partial charge on any atom is -0.274 e. The van der Waals surface area contributed by atoms with Crippen LogP contribution in [0.4, 0.5) is 10.8 Å². The van der Waals surface area contributed by atoms with Gasteiger partial charge in [0.1, 0.15) is 5.01 Å². The molecule has 1 amide bonds. The summed E-state index contributed by atoms with van der Waals surface area (Å²) in [5.74, 6) is -0.127. The number of benzene rings is 1. The molecule has 1 saturated carbocycles. The summed E-state index contributed by atoms with van der Waals surface area (Å²) in [6, 6.07) is 4.80. The van der Waals surface area contributed by atoms with Crippen molar-refractivity contribution in [1.29, 1.82) is 0 Å². The fraction of sp³-hybridized carbons (Fsp3) is 0.400. The number of anilines is 2. The van der Waals surface area contributed by atoms with Crippen LogP contribution >= 0.6 is 11.3 Å². The van der Waals surface area contributed by atoms with Gasteiger partial charge in [-0.1, -0.05) is 17.4 Å². The molecule has 0 bridgehead atoms. The molecule has 0 spiro atoms. The summed E-state index contributed by atoms with van der Waals surface area (Å²) in [7, 11) is -3.62. The molecule has 24 heavy (non-hydrogen) atoms. The van der Waals surface area contributed by atoms with Gasteiger partial charge >= 0.3 is 0 Å². The van der Waals surface area contributed by atoms with Gasteiger partial charge in [-0.15, -0.1) is 10.2 Å². The topological polar surface area (TPSA) is 92.3 Å². The Balaban J connectivity index is 1.75. The average molecular weight is 364 g/mol. The van der Waals surface area contributed by atoms with Gasteiger partial charge in [0.15, 0.2) is 0 Å². The molecule has 2 aliphatic rings. The third-order valence-electron chi connectivity index (χ3n) is 4.29. The monoisotopic (exact) mass is 364 g/mol. The molecule has 4 rings (SSSR count). The van der Waals surface area contributed by atoms with Gasteiger partial charge in [0.25, 0.3) is 0 Å². The van der Waals surface area contributed by atoms with E-state index >= 15 is 0 Å². The second-order valence-electron chi connectivity index (χ2n) is 6.47. The van der Waals surface area contributed by atoms with Crippen LogP contribution in [0, 0.1) is 6.92 Å². The Morgan fingerprint density at radius 3 is 2.67 bits per heavy atom. The quantitative estimate of drug-likeness (QED) is 0.894. The third kappa shape index (κ3) is 2.62. The number of sulfonamides is 1. The number of aryl methyl sites for hydroxylation is 1. The van der Waals surface area contributed by atoms with E-state index in [1.165, 1.54) is 16.2 Å². The molecule has 0 unspecified atom stereocenters. The minimum atomic E-state index is -3.62. The molecular formula is C15H16N4O3S2. The lowest BCUT2D eigenvalue weighted by molar-refractivity contribution is -0.116. The van der Waals surface area contributed by atoms with Crippen LogP contribution in [0.1, 0.15) is 30.3 Å². The van der Waals surface area contributed by atoms with Crippen molar-refractivity contribution in [3.05, 3.63) is 28.8 Å². The predicted molar refractivity (Wildman–Crippen MR) is 89.9 cm³/mol. The molecule has 1 aliphatic heterocycles. The second-order valence-corrected chi connectivity index (χ2v) is 9.31. The number of nitrogens with one attached hydrogen (secondary N) is 1. The lowest BCUT2D eigenvalue weighted by atomic mass is 10.2. The van der Waals surface area contributed by atoms with Gasteiger partial charge in [-0.25, -0.2) is 13.1 Å². The largest absolute Gasteiger partial charge is 0.274 e. The van der Waals surface area contributed by atoms with Gasteiger partial charge in [0.05, 0.1) is 17.0 Å². The zero-order chi connectivity index (χ0) is 17.1. The first-order chi connectivity index (χ1) is 11.3. The van der Waals surface area contributed by atoms with Crippen LogP contribution in [0.25, 0.3) is 0 Å². The average Bonchev–Trinajstić information content (AvgIpc) is 2.92. The predicted octanol–water partition coefficient (Wildman–Crippen LogP) is 1.90. The normalized spacial score (nSPS) is 18.8. The Morgan fingerprint density at radius 1 is 1.29 bits per heavy atom. The zero-order valence-corrected chi connectivity index (χ0v) is 14.9. The molecule has 2 aromatic rings. The van der Waals surface area contributed by atoms with Crippen molar-refractivity contribution < 1.29 is 13.2 Å². The molecule has 1 N–H and O–H groups in total. The summed E-state index contributed by atoms with van der Waals surface area (Å²) in [5.41, 5.74) is 1.02. The summed E-state index contributed by atoms with van der Waals surface area (Å²) in [6.45, 7) is 3.70. The molecule has 1 aromatic heterocycles. The van der Waals surface area contributed by atoms with Crippen molar-refractivity contribution in [1.82, 2.24) is 14.9 Å². The van der Waals surface area contributed by atoms with Gasteiger partial charge in [-0.2, -0.15) is 0 Å². The Morgan fingerprint density at radius 2 is 2.04 bits per heavy atom. The summed E-state index contributed by atoms with van der Waals surface area (Å²) in [5, 5.41) is 9.17. The first kappa shape index (κ1) is 15.7. The molecular weight excluding hydrogens is 348 g/mol. The smallest absolute Gasteiger partial charge is 0.241 e. The van der Waals surface area contributed by atoms with Crippen LogP contribution < -0.4 is 9.62 Å². The number of fused-ring (bicyclic) bond motifs is 1. The summed E-state index contributed by atoms with van der Waals surface area (Å²) < 4.78 is 27.9. The second kappa shape index (κ2) is 5.08. The van der Waals surface area contributed by atoms with Crippen LogP contribution in [0.15, 0.2) is 23.1 Å². The van der Waals surface area contributed by atoms with E-state index in [1.54, 1.807) is 18.2 Å². The number of hydrogen-bond donors (Lipinski definition) is 1. The van der Waals surface area contributed by atoms with E-state index in [1.807, 2.05) is 13.8 Å². The maximum atomic E-state index is 12.6. The van der Waals surface area contributed by atoms with E-state index in [-0.39, 0.29) is 22.8 Å². The lowest BCUT2D eigenvalue weighted by Gasteiger charge is -2.16. The summed E-state index contributed by atoms with van der Waals surface area (Å²) in [4.78, 5) is 14.0. The van der Waals surface area contributed by atoms with Gasteiger partial charge < -0.3 is 0 Å². The first-order valence-electron chi connectivity index (χ1n) is 7.57. The van der Waals surface area contributed by atoms with Crippen LogP contribution in [0.3, 0.4) is 0 Å². The highest BCUT2D eigenvalue weighted by Gasteiger charge is 2.41. The van der Waals surface area contributed by atoms with Gasteiger partial charge in [-0.3, -0.25) is 9.69 Å². The van der Waals surface area contributed by atoms with Crippen LogP contribution in [0.5, 0.6) is 0 Å². The minimum absolute atomic E-state index is 0.127. The van der Waals surface area contributed by atoms with Gasteiger partial charge in [-0.05, 0) is 44.4 Å². The highest BCUT2D eigenvalue weighted by Crippen LogP contribution is 2.39. The summed E-state index contributed by atoms with van der Waals surface area (Å²) >= 11 is 1.30. The third-order valence-corrected chi connectivity index (χ3v) is 6.75. The molecule has 1 aromatic carbocycles. The Hall–Kier alpha value is -1.84. The Kier molecular flexibility index (Phi) is 3.32. The SMILES string of the molecule is Cc1nnc(N2C(=O)Cc3ccc(S(=O)(=O)NC4(C)CC4)cc32)s1. The van der Waals surface area contributed by atoms with E-state index in [4.69, 9.17) is 0 Å². The van der Waals surface area contributed by atoms with Crippen molar-refractivity contribution in [3.8, 4) is 0 Å². The molecule has 1 fully saturated rings. The molecule has 7 nitrogen and oxygen atoms in total. The zero-order valence-electron chi connectivity index (χ0n) is 13.2. The molecule has 1 aliphatic carbocycles. The van der Waals surface area contributed by atoms with Crippen LogP contribution in [0.2, 0.25) is 0 Å². The van der Waals surface area contributed by atoms with E-state index in [0.29, 0.717) is 10.8 Å². The fourth-order valence-electron chi connectivity index (χ4n) is 2.70. The van der Waals surface area contributed by atoms with Gasteiger partial charge in [0.2, 0.25) is 21.1 Å². The number of rotatable bonds is 4. The maximum Gasteiger partial charge on any atom is 0.241 e. The van der Waals surface area contributed by atoms with Crippen molar-refractivity contribution in [2.45, 2.75) is 43.5 Å². The van der Waals surface area contributed by atoms with Gasteiger partial charge in [0, 0.05) is 5.54 Å². The van der Waals surface area contributed by atoms with E-state index in [0.717, 1.165) is 23.4 Å². The van der Waals surface area contributed by atoms with Crippen LogP contribution in [-0.4, -0.2) is 30.1 Å². The van der Waals surface area contributed by atoms with Crippen LogP contribution in [-0.2, 0) is 21.2 Å². The van der Waals surface area contributed by atoms with E-state index < -0.39 is 10.0 Å². The number of amides is 1. The molecule has 126 valence electrons. The van der Waals surface area contributed by atoms with Crippen molar-refractivity contribution in [2.24, 2.45) is 0 Å². The number of nitrogens with zero attached hydrogens (tertiary/aromatic N) is 3. The van der Waals surface area contributed by atoms with E-state index in [9.17, 15) is 13.2 Å². The number of aromatic nitrogens is 2. The fourth-order valence-corrected chi connectivity index (χ4v) is 4.91. The molecule has 2 heterocycles. The highest BCUT2D eigenvalue weighted by atomic mass is 32.2. The number of hydrogen-bond acceptors (Lipinski definition) is 6. The Bertz CT molecular complexity index is 947. The number of carbonyl (C=O) groups is 1. The molecule has 0 atom stereocenters. The molecule has 0 saturated heterocycles. The lowest BCUT2D eigenvalue weighted by Crippen LogP contribution is -2.34. The molecule has 9 heteroatoms. The van der Waals surface area contributed by atoms with Crippen molar-refractivity contribution in [3.63, 3.8) is 0 Å². The maximum absolute atomic E-state index is 12.6.